The highest BCUT2D eigenvalue weighted by Crippen LogP contribution is 2.20. The van der Waals surface area contributed by atoms with Gasteiger partial charge in [-0.3, -0.25) is 0 Å². The maximum absolute atomic E-state index is 5.33. The standard InChI is InChI=1S/C14H24N2OS/c1-12-13(5-9-17-12)11-16(2)8-10-18-14-3-6-15-7-4-14/h5,9,14-15H,3-4,6-8,10-11H2,1-2H3. The molecule has 1 saturated heterocycles. The Hall–Kier alpha value is -0.450. The van der Waals surface area contributed by atoms with Crippen LogP contribution in [0.3, 0.4) is 0 Å². The average Bonchev–Trinajstić information content (AvgIpc) is 2.76. The molecule has 0 radical (unpaired) electrons. The predicted octanol–water partition coefficient (Wildman–Crippen LogP) is 2.51. The van der Waals surface area contributed by atoms with Gasteiger partial charge in [0.25, 0.3) is 0 Å². The molecular formula is C14H24N2OS. The molecule has 0 amide bonds. The molecule has 0 aromatic carbocycles. The lowest BCUT2D eigenvalue weighted by Crippen LogP contribution is -2.30. The third-order valence-corrected chi connectivity index (χ3v) is 4.88. The van der Waals surface area contributed by atoms with Crippen LogP contribution in [0.4, 0.5) is 0 Å². The molecule has 0 atom stereocenters. The van der Waals surface area contributed by atoms with Gasteiger partial charge in [0, 0.05) is 29.7 Å². The summed E-state index contributed by atoms with van der Waals surface area (Å²) in [7, 11) is 2.19. The van der Waals surface area contributed by atoms with Gasteiger partial charge in [-0.05, 0) is 46.0 Å². The summed E-state index contributed by atoms with van der Waals surface area (Å²) in [4.78, 5) is 2.38. The van der Waals surface area contributed by atoms with Crippen LogP contribution in [0.2, 0.25) is 0 Å². The molecule has 0 aliphatic carbocycles. The Morgan fingerprint density at radius 3 is 2.89 bits per heavy atom. The highest BCUT2D eigenvalue weighted by molar-refractivity contribution is 7.99. The van der Waals surface area contributed by atoms with Gasteiger partial charge in [0.2, 0.25) is 0 Å². The van der Waals surface area contributed by atoms with E-state index in [1.807, 2.05) is 6.92 Å². The molecule has 0 spiro atoms. The minimum absolute atomic E-state index is 0.871. The van der Waals surface area contributed by atoms with Crippen LogP contribution >= 0.6 is 11.8 Å². The van der Waals surface area contributed by atoms with Gasteiger partial charge in [0.1, 0.15) is 5.76 Å². The van der Waals surface area contributed by atoms with E-state index in [-0.39, 0.29) is 0 Å². The molecule has 102 valence electrons. The number of furan rings is 1. The Morgan fingerprint density at radius 2 is 2.22 bits per heavy atom. The highest BCUT2D eigenvalue weighted by atomic mass is 32.2. The fraction of sp³-hybridized carbons (Fsp3) is 0.714. The van der Waals surface area contributed by atoms with Crippen LogP contribution in [0.5, 0.6) is 0 Å². The van der Waals surface area contributed by atoms with Crippen LogP contribution in [0.1, 0.15) is 24.2 Å². The molecule has 0 saturated carbocycles. The normalized spacial score (nSPS) is 17.5. The molecule has 1 aromatic rings. The lowest BCUT2D eigenvalue weighted by Gasteiger charge is -2.23. The van der Waals surface area contributed by atoms with E-state index >= 15 is 0 Å². The second-order valence-electron chi connectivity index (χ2n) is 5.06. The van der Waals surface area contributed by atoms with Crippen molar-refractivity contribution in [3.05, 3.63) is 23.7 Å². The van der Waals surface area contributed by atoms with Crippen LogP contribution in [0.15, 0.2) is 16.7 Å². The number of thioether (sulfide) groups is 1. The molecule has 1 aliphatic heterocycles. The smallest absolute Gasteiger partial charge is 0.105 e. The van der Waals surface area contributed by atoms with Crippen molar-refractivity contribution in [2.24, 2.45) is 0 Å². The Kier molecular flexibility index (Phi) is 5.60. The summed E-state index contributed by atoms with van der Waals surface area (Å²) in [6, 6.07) is 2.08. The van der Waals surface area contributed by atoms with Crippen molar-refractivity contribution < 1.29 is 4.42 Å². The first-order chi connectivity index (χ1) is 8.75. The largest absolute Gasteiger partial charge is 0.469 e. The molecule has 18 heavy (non-hydrogen) atoms. The monoisotopic (exact) mass is 268 g/mol. The van der Waals surface area contributed by atoms with Crippen LogP contribution in [0, 0.1) is 6.92 Å². The second-order valence-corrected chi connectivity index (χ2v) is 6.47. The molecule has 1 aromatic heterocycles. The van der Waals surface area contributed by atoms with E-state index in [4.69, 9.17) is 4.42 Å². The van der Waals surface area contributed by atoms with E-state index in [0.29, 0.717) is 0 Å². The van der Waals surface area contributed by atoms with Crippen molar-refractivity contribution in [1.29, 1.82) is 0 Å². The Balaban J connectivity index is 1.62. The molecule has 4 heteroatoms. The molecule has 0 unspecified atom stereocenters. The minimum atomic E-state index is 0.871. The Morgan fingerprint density at radius 1 is 1.44 bits per heavy atom. The lowest BCUT2D eigenvalue weighted by molar-refractivity contribution is 0.345. The first kappa shape index (κ1) is 14.0. The van der Waals surface area contributed by atoms with Crippen molar-refractivity contribution in [2.75, 3.05) is 32.4 Å². The summed E-state index contributed by atoms with van der Waals surface area (Å²) in [5, 5.41) is 4.29. The van der Waals surface area contributed by atoms with E-state index in [1.54, 1.807) is 6.26 Å². The van der Waals surface area contributed by atoms with Gasteiger partial charge in [-0.1, -0.05) is 0 Å². The Bertz CT molecular complexity index is 347. The van der Waals surface area contributed by atoms with Gasteiger partial charge < -0.3 is 14.6 Å². The summed E-state index contributed by atoms with van der Waals surface area (Å²) in [5.41, 5.74) is 1.31. The van der Waals surface area contributed by atoms with Gasteiger partial charge in [0.15, 0.2) is 0 Å². The zero-order valence-corrected chi connectivity index (χ0v) is 12.3. The number of hydrogen-bond acceptors (Lipinski definition) is 4. The fourth-order valence-corrected chi connectivity index (χ4v) is 3.60. The molecule has 1 aliphatic rings. The predicted molar refractivity (Wildman–Crippen MR) is 78.1 cm³/mol. The highest BCUT2D eigenvalue weighted by Gasteiger charge is 2.13. The van der Waals surface area contributed by atoms with Gasteiger partial charge in [-0.2, -0.15) is 11.8 Å². The minimum Gasteiger partial charge on any atom is -0.469 e. The van der Waals surface area contributed by atoms with Gasteiger partial charge in [-0.15, -0.1) is 0 Å². The molecule has 1 N–H and O–H groups in total. The van der Waals surface area contributed by atoms with Gasteiger partial charge >= 0.3 is 0 Å². The molecule has 1 fully saturated rings. The van der Waals surface area contributed by atoms with Crippen molar-refractivity contribution >= 4 is 11.8 Å². The number of rotatable bonds is 6. The molecule has 2 heterocycles. The molecular weight excluding hydrogens is 244 g/mol. The second kappa shape index (κ2) is 7.22. The number of nitrogens with one attached hydrogen (secondary N) is 1. The molecule has 2 rings (SSSR count). The number of nitrogens with zero attached hydrogens (tertiary/aromatic N) is 1. The zero-order valence-electron chi connectivity index (χ0n) is 11.4. The SMILES string of the molecule is Cc1occc1CN(C)CCSC1CCNCC1. The lowest BCUT2D eigenvalue weighted by atomic mass is 10.2. The van der Waals surface area contributed by atoms with Crippen LogP contribution in [-0.2, 0) is 6.54 Å². The molecule has 3 nitrogen and oxygen atoms in total. The summed E-state index contributed by atoms with van der Waals surface area (Å²) >= 11 is 2.14. The van der Waals surface area contributed by atoms with E-state index in [0.717, 1.165) is 24.1 Å². The fourth-order valence-electron chi connectivity index (χ4n) is 2.28. The quantitative estimate of drug-likeness (QED) is 0.858. The zero-order chi connectivity index (χ0) is 12.8. The van der Waals surface area contributed by atoms with Crippen molar-refractivity contribution in [3.8, 4) is 0 Å². The maximum Gasteiger partial charge on any atom is 0.105 e. The first-order valence-corrected chi connectivity index (χ1v) is 7.84. The van der Waals surface area contributed by atoms with Crippen LogP contribution in [-0.4, -0.2) is 42.6 Å². The van der Waals surface area contributed by atoms with Crippen LogP contribution in [0.25, 0.3) is 0 Å². The first-order valence-electron chi connectivity index (χ1n) is 6.79. The summed E-state index contributed by atoms with van der Waals surface area (Å²) in [5.74, 6) is 2.28. The van der Waals surface area contributed by atoms with E-state index in [2.05, 4.69) is 35.1 Å². The van der Waals surface area contributed by atoms with Crippen molar-refractivity contribution in [1.82, 2.24) is 10.2 Å². The topological polar surface area (TPSA) is 28.4 Å². The van der Waals surface area contributed by atoms with E-state index < -0.39 is 0 Å². The van der Waals surface area contributed by atoms with Crippen LogP contribution < -0.4 is 5.32 Å². The van der Waals surface area contributed by atoms with Gasteiger partial charge in [0.05, 0.1) is 6.26 Å². The van der Waals surface area contributed by atoms with E-state index in [9.17, 15) is 0 Å². The number of aryl methyl sites for hydroxylation is 1. The van der Waals surface area contributed by atoms with Crippen molar-refractivity contribution in [2.45, 2.75) is 31.6 Å². The number of piperidine rings is 1. The third-order valence-electron chi connectivity index (χ3n) is 3.52. The van der Waals surface area contributed by atoms with Gasteiger partial charge in [-0.25, -0.2) is 0 Å². The summed E-state index contributed by atoms with van der Waals surface area (Å²) < 4.78 is 5.33. The van der Waals surface area contributed by atoms with Crippen molar-refractivity contribution in [3.63, 3.8) is 0 Å². The molecule has 0 bridgehead atoms. The van der Waals surface area contributed by atoms with E-state index in [1.165, 1.54) is 37.2 Å². The average molecular weight is 268 g/mol. The maximum atomic E-state index is 5.33. The Labute approximate surface area is 114 Å². The third kappa shape index (κ3) is 4.34. The summed E-state index contributed by atoms with van der Waals surface area (Å²) in [6.07, 6.45) is 4.44. The number of hydrogen-bond donors (Lipinski definition) is 1. The summed E-state index contributed by atoms with van der Waals surface area (Å²) in [6.45, 7) is 6.57.